The molecule has 1 aliphatic heterocycles. The second-order valence-corrected chi connectivity index (χ2v) is 10.7. The first-order chi connectivity index (χ1) is 18.1. The summed E-state index contributed by atoms with van der Waals surface area (Å²) in [4.78, 5) is 49.0. The first-order valence-electron chi connectivity index (χ1n) is 13.8. The number of hydrogen-bond acceptors (Lipinski definition) is 6. The summed E-state index contributed by atoms with van der Waals surface area (Å²) < 4.78 is 11.9. The number of imide groups is 1. The van der Waals surface area contributed by atoms with Crippen molar-refractivity contribution in [3.63, 3.8) is 0 Å². The number of allylic oxidation sites excluding steroid dienone is 4. The number of amides is 4. The molecule has 2 rings (SSSR count). The van der Waals surface area contributed by atoms with Gasteiger partial charge in [0.05, 0.1) is 18.0 Å². The minimum Gasteiger partial charge on any atom is -0.498 e. The van der Waals surface area contributed by atoms with Gasteiger partial charge in [0.1, 0.15) is 0 Å². The zero-order chi connectivity index (χ0) is 28.0. The summed E-state index contributed by atoms with van der Waals surface area (Å²) in [6.45, 7) is 10.1. The molecule has 0 aromatic heterocycles. The van der Waals surface area contributed by atoms with Crippen molar-refractivity contribution in [2.24, 2.45) is 5.41 Å². The van der Waals surface area contributed by atoms with Crippen molar-refractivity contribution >= 4 is 23.6 Å². The van der Waals surface area contributed by atoms with Crippen molar-refractivity contribution in [3.05, 3.63) is 36.1 Å². The largest absolute Gasteiger partial charge is 0.498 e. The smallest absolute Gasteiger partial charge is 0.253 e. The van der Waals surface area contributed by atoms with Crippen LogP contribution in [0.25, 0.3) is 0 Å². The molecule has 2 aliphatic rings. The zero-order valence-electron chi connectivity index (χ0n) is 23.5. The summed E-state index contributed by atoms with van der Waals surface area (Å²) in [5.74, 6) is 0.0509. The molecule has 2 N–H and O–H groups in total. The molecular weight excluding hydrogens is 486 g/mol. The molecule has 212 valence electrons. The first-order valence-corrected chi connectivity index (χ1v) is 13.8. The van der Waals surface area contributed by atoms with E-state index in [0.29, 0.717) is 39.1 Å². The lowest BCUT2D eigenvalue weighted by molar-refractivity contribution is -0.137. The van der Waals surface area contributed by atoms with E-state index < -0.39 is 11.0 Å². The van der Waals surface area contributed by atoms with E-state index in [0.717, 1.165) is 42.8 Å². The summed E-state index contributed by atoms with van der Waals surface area (Å²) in [5.41, 5.74) is -0.994. The molecule has 0 spiro atoms. The zero-order valence-corrected chi connectivity index (χ0v) is 23.5. The Bertz CT molecular complexity index is 905. The average molecular weight is 532 g/mol. The van der Waals surface area contributed by atoms with Crippen LogP contribution >= 0.6 is 0 Å². The van der Waals surface area contributed by atoms with Crippen LogP contribution in [0.2, 0.25) is 0 Å². The van der Waals surface area contributed by atoms with Gasteiger partial charge in [-0.3, -0.25) is 24.1 Å². The van der Waals surface area contributed by atoms with E-state index in [1.807, 2.05) is 39.8 Å². The van der Waals surface area contributed by atoms with Crippen LogP contribution in [0.3, 0.4) is 0 Å². The lowest BCUT2D eigenvalue weighted by atomic mass is 9.88. The number of ether oxygens (including phenoxy) is 2. The van der Waals surface area contributed by atoms with Gasteiger partial charge in [0, 0.05) is 56.6 Å². The Morgan fingerprint density at radius 1 is 1.00 bits per heavy atom. The number of carbonyl (C=O) groups is 4. The molecule has 1 aliphatic carbocycles. The molecule has 38 heavy (non-hydrogen) atoms. The Morgan fingerprint density at radius 2 is 1.74 bits per heavy atom. The molecule has 0 saturated heterocycles. The lowest BCUT2D eigenvalue weighted by Gasteiger charge is -2.31. The Hall–Kier alpha value is -2.94. The molecule has 0 aromatic carbocycles. The van der Waals surface area contributed by atoms with Crippen LogP contribution in [0.15, 0.2) is 36.1 Å². The first kappa shape index (κ1) is 31.3. The molecule has 0 aromatic rings. The highest BCUT2D eigenvalue weighted by Gasteiger charge is 2.30. The normalized spacial score (nSPS) is 16.8. The topological polar surface area (TPSA) is 114 Å². The van der Waals surface area contributed by atoms with Crippen LogP contribution in [-0.2, 0) is 28.7 Å². The van der Waals surface area contributed by atoms with Crippen LogP contribution in [0.4, 0.5) is 0 Å². The van der Waals surface area contributed by atoms with Gasteiger partial charge >= 0.3 is 0 Å². The minimum absolute atomic E-state index is 0.0118. The van der Waals surface area contributed by atoms with Gasteiger partial charge in [-0.2, -0.15) is 0 Å². The van der Waals surface area contributed by atoms with Crippen molar-refractivity contribution in [1.29, 1.82) is 0 Å². The van der Waals surface area contributed by atoms with E-state index in [1.54, 1.807) is 0 Å². The SMILES string of the molecule is CCC(C)(CCNC(=O)CCN1C(=O)C=CC1=O)OCCC(C)(C)C(=O)NCCCCOC1=CC=CCC1. The van der Waals surface area contributed by atoms with E-state index in [9.17, 15) is 19.2 Å². The van der Waals surface area contributed by atoms with Crippen molar-refractivity contribution in [3.8, 4) is 0 Å². The van der Waals surface area contributed by atoms with Crippen LogP contribution in [0, 0.1) is 5.41 Å². The maximum absolute atomic E-state index is 12.7. The third-order valence-electron chi connectivity index (χ3n) is 7.10. The average Bonchev–Trinajstić information content (AvgIpc) is 3.21. The monoisotopic (exact) mass is 531 g/mol. The molecule has 1 heterocycles. The third kappa shape index (κ3) is 10.8. The quantitative estimate of drug-likeness (QED) is 0.207. The fraction of sp³-hybridized carbons (Fsp3) is 0.655. The van der Waals surface area contributed by atoms with E-state index >= 15 is 0 Å². The van der Waals surface area contributed by atoms with Crippen LogP contribution in [0.5, 0.6) is 0 Å². The van der Waals surface area contributed by atoms with E-state index in [4.69, 9.17) is 9.47 Å². The fourth-order valence-corrected chi connectivity index (χ4v) is 4.01. The van der Waals surface area contributed by atoms with Gasteiger partial charge in [-0.25, -0.2) is 0 Å². The van der Waals surface area contributed by atoms with Crippen molar-refractivity contribution in [1.82, 2.24) is 15.5 Å². The minimum atomic E-state index is -0.558. The predicted octanol–water partition coefficient (Wildman–Crippen LogP) is 3.56. The highest BCUT2D eigenvalue weighted by atomic mass is 16.5. The molecule has 1 atom stereocenters. The Balaban J connectivity index is 1.59. The Labute approximate surface area is 227 Å². The number of carbonyl (C=O) groups excluding carboxylic acids is 4. The van der Waals surface area contributed by atoms with Gasteiger partial charge in [-0.15, -0.1) is 0 Å². The van der Waals surface area contributed by atoms with E-state index in [-0.39, 0.29) is 36.6 Å². The number of hydrogen-bond donors (Lipinski definition) is 2. The molecule has 4 amide bonds. The van der Waals surface area contributed by atoms with Crippen molar-refractivity contribution in [2.45, 2.75) is 84.7 Å². The molecule has 0 fully saturated rings. The summed E-state index contributed by atoms with van der Waals surface area (Å²) in [5, 5.41) is 5.87. The second kappa shape index (κ2) is 15.5. The summed E-state index contributed by atoms with van der Waals surface area (Å²) in [6.07, 6.45) is 14.3. The standard InChI is InChI=1S/C29H45N3O6/c1-5-29(4,16-19-30-24(33)15-20-32-25(34)13-14-26(32)35)38-22-17-28(2,3)27(36)31-18-9-10-21-37-23-11-7-6-8-12-23/h6-7,11,13-14H,5,8-10,12,15-22H2,1-4H3,(H,30,33)(H,31,36). The number of rotatable bonds is 18. The fourth-order valence-electron chi connectivity index (χ4n) is 4.01. The molecule has 0 radical (unpaired) electrons. The maximum atomic E-state index is 12.7. The van der Waals surface area contributed by atoms with Gasteiger partial charge in [0.2, 0.25) is 11.8 Å². The second-order valence-electron chi connectivity index (χ2n) is 10.7. The van der Waals surface area contributed by atoms with Crippen LogP contribution < -0.4 is 10.6 Å². The molecule has 9 nitrogen and oxygen atoms in total. The maximum Gasteiger partial charge on any atom is 0.253 e. The van der Waals surface area contributed by atoms with Crippen molar-refractivity contribution < 1.29 is 28.7 Å². The van der Waals surface area contributed by atoms with Gasteiger partial charge in [0.15, 0.2) is 0 Å². The summed E-state index contributed by atoms with van der Waals surface area (Å²) in [6, 6.07) is 0. The van der Waals surface area contributed by atoms with E-state index in [2.05, 4.69) is 16.7 Å². The molecule has 9 heteroatoms. The van der Waals surface area contributed by atoms with Gasteiger partial charge in [-0.05, 0) is 51.5 Å². The number of nitrogens with one attached hydrogen (secondary N) is 2. The molecular formula is C29H45N3O6. The lowest BCUT2D eigenvalue weighted by Crippen LogP contribution is -2.40. The molecule has 1 unspecified atom stereocenters. The Morgan fingerprint density at radius 3 is 2.39 bits per heavy atom. The number of nitrogens with zero attached hydrogens (tertiary/aromatic N) is 1. The third-order valence-corrected chi connectivity index (χ3v) is 7.10. The summed E-state index contributed by atoms with van der Waals surface area (Å²) in [7, 11) is 0. The molecule has 0 saturated carbocycles. The van der Waals surface area contributed by atoms with Crippen LogP contribution in [-0.4, -0.2) is 67.0 Å². The van der Waals surface area contributed by atoms with E-state index in [1.165, 1.54) is 12.2 Å². The van der Waals surface area contributed by atoms with Gasteiger partial charge < -0.3 is 20.1 Å². The van der Waals surface area contributed by atoms with Gasteiger partial charge in [0.25, 0.3) is 11.8 Å². The highest BCUT2D eigenvalue weighted by Crippen LogP contribution is 2.25. The predicted molar refractivity (Wildman–Crippen MR) is 146 cm³/mol. The number of unbranched alkanes of at least 4 members (excludes halogenated alkanes) is 1. The summed E-state index contributed by atoms with van der Waals surface area (Å²) >= 11 is 0. The van der Waals surface area contributed by atoms with Crippen molar-refractivity contribution in [2.75, 3.05) is 32.8 Å². The van der Waals surface area contributed by atoms with Gasteiger partial charge in [-0.1, -0.05) is 32.9 Å². The Kier molecular flexibility index (Phi) is 12.7. The molecule has 0 bridgehead atoms. The van der Waals surface area contributed by atoms with Crippen LogP contribution in [0.1, 0.15) is 79.1 Å². The highest BCUT2D eigenvalue weighted by molar-refractivity contribution is 6.13.